The summed E-state index contributed by atoms with van der Waals surface area (Å²) in [6.07, 6.45) is 0.894. The maximum Gasteiger partial charge on any atom is 0.335 e. The van der Waals surface area contributed by atoms with Gasteiger partial charge in [0.2, 0.25) is 5.88 Å². The van der Waals surface area contributed by atoms with Crippen LogP contribution >= 0.6 is 11.3 Å². The summed E-state index contributed by atoms with van der Waals surface area (Å²) in [4.78, 5) is 31.0. The number of hydrogen-bond acceptors (Lipinski definition) is 6. The van der Waals surface area contributed by atoms with E-state index in [2.05, 4.69) is 15.3 Å². The van der Waals surface area contributed by atoms with Crippen LogP contribution in [-0.2, 0) is 0 Å². The molecule has 1 amide bonds. The number of fused-ring (bicyclic) bond motifs is 1. The molecule has 0 atom stereocenters. The van der Waals surface area contributed by atoms with Gasteiger partial charge >= 0.3 is 5.97 Å². The normalized spacial score (nSPS) is 10.6. The minimum absolute atomic E-state index is 0.108. The molecule has 0 spiro atoms. The van der Waals surface area contributed by atoms with Gasteiger partial charge in [0.25, 0.3) is 5.91 Å². The highest BCUT2D eigenvalue weighted by Gasteiger charge is 2.16. The Kier molecular flexibility index (Phi) is 4.09. The van der Waals surface area contributed by atoms with Crippen LogP contribution in [0, 0.1) is 5.82 Å². The highest BCUT2D eigenvalue weighted by Crippen LogP contribution is 2.27. The number of benzene rings is 1. The number of carbonyl (C=O) groups is 2. The summed E-state index contributed by atoms with van der Waals surface area (Å²) in [5, 5.41) is 11.7. The van der Waals surface area contributed by atoms with Crippen LogP contribution in [0.1, 0.15) is 20.7 Å². The first-order valence-electron chi connectivity index (χ1n) is 6.62. The fourth-order valence-corrected chi connectivity index (χ4v) is 2.88. The highest BCUT2D eigenvalue weighted by atomic mass is 32.1. The number of nitrogens with one attached hydrogen (secondary N) is 1. The summed E-state index contributed by atoms with van der Waals surface area (Å²) >= 11 is 1.09. The van der Waals surface area contributed by atoms with Crippen molar-refractivity contribution >= 4 is 38.6 Å². The number of thiazole rings is 1. The van der Waals surface area contributed by atoms with E-state index in [1.807, 2.05) is 0 Å². The molecule has 0 radical (unpaired) electrons. The van der Waals surface area contributed by atoms with Gasteiger partial charge in [-0.25, -0.2) is 19.2 Å². The van der Waals surface area contributed by atoms with Crippen molar-refractivity contribution in [1.82, 2.24) is 9.97 Å². The number of aromatic nitrogens is 2. The Labute approximate surface area is 138 Å². The van der Waals surface area contributed by atoms with Crippen molar-refractivity contribution in [3.63, 3.8) is 0 Å². The van der Waals surface area contributed by atoms with Gasteiger partial charge in [0.05, 0.1) is 34.7 Å². The summed E-state index contributed by atoms with van der Waals surface area (Å²) in [5.41, 5.74) is 0.425. The van der Waals surface area contributed by atoms with E-state index < -0.39 is 17.7 Å². The number of ether oxygens (including phenoxy) is 1. The molecule has 3 rings (SSSR count). The topological polar surface area (TPSA) is 101 Å². The molecule has 0 aliphatic heterocycles. The van der Waals surface area contributed by atoms with Gasteiger partial charge in [-0.1, -0.05) is 11.3 Å². The zero-order valence-electron chi connectivity index (χ0n) is 12.2. The van der Waals surface area contributed by atoms with Crippen molar-refractivity contribution in [2.45, 2.75) is 0 Å². The second-order valence-corrected chi connectivity index (χ2v) is 5.70. The molecule has 3 aromatic rings. The number of carboxylic acids is 1. The Hall–Kier alpha value is -3.07. The minimum atomic E-state index is -1.05. The number of carbonyl (C=O) groups excluding carboxylic acids is 1. The first kappa shape index (κ1) is 15.8. The van der Waals surface area contributed by atoms with Crippen LogP contribution in [-0.4, -0.2) is 34.1 Å². The fraction of sp³-hybridized carbons (Fsp3) is 0.0667. The molecule has 0 saturated carbocycles. The van der Waals surface area contributed by atoms with E-state index in [4.69, 9.17) is 9.84 Å². The number of amides is 1. The quantitative estimate of drug-likeness (QED) is 0.752. The van der Waals surface area contributed by atoms with E-state index in [9.17, 15) is 14.0 Å². The number of anilines is 1. The molecule has 7 nitrogen and oxygen atoms in total. The van der Waals surface area contributed by atoms with Crippen LogP contribution in [0.2, 0.25) is 0 Å². The molecule has 0 aliphatic carbocycles. The fourth-order valence-electron chi connectivity index (χ4n) is 1.98. The number of aromatic carboxylic acids is 1. The lowest BCUT2D eigenvalue weighted by atomic mass is 10.2. The SMILES string of the molecule is COc1cc(C(=O)Nc2nc3ccc(C(=O)O)cc3s2)c(F)cn1. The van der Waals surface area contributed by atoms with Crippen molar-refractivity contribution in [3.05, 3.63) is 47.4 Å². The third-order valence-corrected chi connectivity index (χ3v) is 4.07. The first-order chi connectivity index (χ1) is 11.5. The average Bonchev–Trinajstić information content (AvgIpc) is 2.96. The Morgan fingerprint density at radius 3 is 2.83 bits per heavy atom. The van der Waals surface area contributed by atoms with Crippen molar-refractivity contribution in [3.8, 4) is 5.88 Å². The molecule has 122 valence electrons. The summed E-state index contributed by atoms with van der Waals surface area (Å²) in [7, 11) is 1.36. The van der Waals surface area contributed by atoms with E-state index in [-0.39, 0.29) is 22.1 Å². The molecule has 1 aromatic carbocycles. The molecule has 2 N–H and O–H groups in total. The van der Waals surface area contributed by atoms with E-state index in [1.54, 1.807) is 6.07 Å². The predicted molar refractivity (Wildman–Crippen MR) is 85.3 cm³/mol. The van der Waals surface area contributed by atoms with E-state index in [0.717, 1.165) is 17.5 Å². The number of methoxy groups -OCH3 is 1. The van der Waals surface area contributed by atoms with Gasteiger partial charge in [0.15, 0.2) is 10.9 Å². The van der Waals surface area contributed by atoms with Gasteiger partial charge in [0.1, 0.15) is 0 Å². The second kappa shape index (κ2) is 6.20. The Morgan fingerprint density at radius 2 is 2.12 bits per heavy atom. The molecule has 0 fully saturated rings. The zero-order valence-corrected chi connectivity index (χ0v) is 13.1. The van der Waals surface area contributed by atoms with Crippen LogP contribution in [0.5, 0.6) is 5.88 Å². The molecule has 2 heterocycles. The van der Waals surface area contributed by atoms with E-state index in [1.165, 1.54) is 25.3 Å². The lowest BCUT2D eigenvalue weighted by molar-refractivity contribution is 0.0697. The smallest absolute Gasteiger partial charge is 0.335 e. The third kappa shape index (κ3) is 3.01. The summed E-state index contributed by atoms with van der Waals surface area (Å²) in [6, 6.07) is 5.60. The molecule has 0 aliphatic rings. The molecule has 2 aromatic heterocycles. The van der Waals surface area contributed by atoms with Crippen LogP contribution in [0.4, 0.5) is 9.52 Å². The molecule has 24 heavy (non-hydrogen) atoms. The van der Waals surface area contributed by atoms with Crippen LogP contribution < -0.4 is 10.1 Å². The van der Waals surface area contributed by atoms with Crippen molar-refractivity contribution in [1.29, 1.82) is 0 Å². The largest absolute Gasteiger partial charge is 0.481 e. The number of carboxylic acid groups (broad SMARTS) is 1. The number of rotatable bonds is 4. The summed E-state index contributed by atoms with van der Waals surface area (Å²) in [6.45, 7) is 0. The Bertz CT molecular complexity index is 957. The van der Waals surface area contributed by atoms with Crippen LogP contribution in [0.15, 0.2) is 30.5 Å². The first-order valence-corrected chi connectivity index (χ1v) is 7.44. The molecule has 0 unspecified atom stereocenters. The van der Waals surface area contributed by atoms with Crippen molar-refractivity contribution in [2.24, 2.45) is 0 Å². The van der Waals surface area contributed by atoms with E-state index in [0.29, 0.717) is 10.2 Å². The molecular weight excluding hydrogens is 337 g/mol. The molecule has 0 bridgehead atoms. The third-order valence-electron chi connectivity index (χ3n) is 3.14. The Morgan fingerprint density at radius 1 is 1.33 bits per heavy atom. The van der Waals surface area contributed by atoms with Crippen LogP contribution in [0.3, 0.4) is 0 Å². The molecule has 0 saturated heterocycles. The monoisotopic (exact) mass is 347 g/mol. The maximum atomic E-state index is 13.7. The van der Waals surface area contributed by atoms with Crippen molar-refractivity contribution < 1.29 is 23.8 Å². The van der Waals surface area contributed by atoms with Crippen LogP contribution in [0.25, 0.3) is 10.2 Å². The minimum Gasteiger partial charge on any atom is -0.481 e. The van der Waals surface area contributed by atoms with Crippen molar-refractivity contribution in [2.75, 3.05) is 12.4 Å². The summed E-state index contributed by atoms with van der Waals surface area (Å²) < 4.78 is 19.2. The number of halogens is 1. The van der Waals surface area contributed by atoms with Gasteiger partial charge < -0.3 is 9.84 Å². The van der Waals surface area contributed by atoms with Gasteiger partial charge in [-0.2, -0.15) is 0 Å². The second-order valence-electron chi connectivity index (χ2n) is 4.67. The lowest BCUT2D eigenvalue weighted by Gasteiger charge is -2.04. The number of hydrogen-bond donors (Lipinski definition) is 2. The Balaban J connectivity index is 1.89. The predicted octanol–water partition coefficient (Wildman–Crippen LogP) is 2.79. The number of pyridine rings is 1. The highest BCUT2D eigenvalue weighted by molar-refractivity contribution is 7.22. The average molecular weight is 347 g/mol. The molecular formula is C15H10FN3O4S. The van der Waals surface area contributed by atoms with E-state index >= 15 is 0 Å². The van der Waals surface area contributed by atoms with Gasteiger partial charge in [-0.3, -0.25) is 10.1 Å². The maximum absolute atomic E-state index is 13.7. The zero-order chi connectivity index (χ0) is 17.3. The number of nitrogens with zero attached hydrogens (tertiary/aromatic N) is 2. The standard InChI is InChI=1S/C15H10FN3O4S/c1-23-12-5-8(9(16)6-17-12)13(20)19-15-18-10-3-2-7(14(21)22)4-11(10)24-15/h2-6H,1H3,(H,21,22)(H,18,19,20). The van der Waals surface area contributed by atoms with Gasteiger partial charge in [-0.05, 0) is 18.2 Å². The summed E-state index contributed by atoms with van der Waals surface area (Å²) in [5.74, 6) is -2.44. The van der Waals surface area contributed by atoms with Gasteiger partial charge in [-0.15, -0.1) is 0 Å². The van der Waals surface area contributed by atoms with Gasteiger partial charge in [0, 0.05) is 6.07 Å². The molecule has 9 heteroatoms. The lowest BCUT2D eigenvalue weighted by Crippen LogP contribution is -2.14.